The lowest BCUT2D eigenvalue weighted by molar-refractivity contribution is 1.07. The molecule has 4 nitrogen and oxygen atoms in total. The first kappa shape index (κ1) is 32.2. The van der Waals surface area contributed by atoms with E-state index in [2.05, 4.69) is 180 Å². The van der Waals surface area contributed by atoms with Gasteiger partial charge in [0.15, 0.2) is 17.5 Å². The molecule has 0 aliphatic heterocycles. The number of hydrogen-bond donors (Lipinski definition) is 0. The van der Waals surface area contributed by atoms with Crippen molar-refractivity contribution in [2.24, 2.45) is 0 Å². The summed E-state index contributed by atoms with van der Waals surface area (Å²) in [7, 11) is 0. The van der Waals surface area contributed by atoms with Crippen LogP contribution in [0.15, 0.2) is 194 Å². The summed E-state index contributed by atoms with van der Waals surface area (Å²) in [6.45, 7) is 0. The maximum atomic E-state index is 5.32. The predicted octanol–water partition coefficient (Wildman–Crippen LogP) is 13.7. The topological polar surface area (TPSA) is 43.6 Å². The van der Waals surface area contributed by atoms with Gasteiger partial charge in [0.2, 0.25) is 0 Å². The number of para-hydroxylation sites is 3. The highest BCUT2D eigenvalue weighted by Crippen LogP contribution is 2.44. The van der Waals surface area contributed by atoms with Gasteiger partial charge in [-0.25, -0.2) is 15.0 Å². The fraction of sp³-hybridized carbons (Fsp3) is 0. The van der Waals surface area contributed by atoms with Gasteiger partial charge >= 0.3 is 0 Å². The van der Waals surface area contributed by atoms with Crippen molar-refractivity contribution in [3.8, 4) is 62.1 Å². The second-order valence-electron chi connectivity index (χ2n) is 14.0. The molecule has 0 aliphatic rings. The van der Waals surface area contributed by atoms with Gasteiger partial charge in [0.05, 0.1) is 11.0 Å². The van der Waals surface area contributed by atoms with Crippen molar-refractivity contribution >= 4 is 53.3 Å². The van der Waals surface area contributed by atoms with E-state index in [0.717, 1.165) is 38.8 Å². The zero-order chi connectivity index (χ0) is 37.0. The van der Waals surface area contributed by atoms with Crippen LogP contribution in [0, 0.1) is 0 Å². The number of nitrogens with zero attached hydrogens (tertiary/aromatic N) is 4. The molecule has 8 aromatic carbocycles. The highest BCUT2D eigenvalue weighted by molar-refractivity contribution is 7.26. The first-order valence-electron chi connectivity index (χ1n) is 18.8. The van der Waals surface area contributed by atoms with E-state index in [4.69, 9.17) is 15.0 Å². The fourth-order valence-electron chi connectivity index (χ4n) is 8.03. The molecule has 0 unspecified atom stereocenters. The number of hydrogen-bond acceptors (Lipinski definition) is 4. The van der Waals surface area contributed by atoms with Crippen molar-refractivity contribution in [2.75, 3.05) is 0 Å². The predicted molar refractivity (Wildman–Crippen MR) is 234 cm³/mol. The minimum absolute atomic E-state index is 0.632. The van der Waals surface area contributed by atoms with Crippen molar-refractivity contribution in [2.45, 2.75) is 0 Å². The number of fused-ring (bicyclic) bond motifs is 6. The Kier molecular flexibility index (Phi) is 7.64. The number of benzene rings is 8. The van der Waals surface area contributed by atoms with Crippen LogP contribution in [0.3, 0.4) is 0 Å². The lowest BCUT2D eigenvalue weighted by atomic mass is 9.96. The smallest absolute Gasteiger partial charge is 0.166 e. The second-order valence-corrected chi connectivity index (χ2v) is 15.1. The SMILES string of the molecule is c1ccc(-c2cc(-c3ccccc3)c3sc4ccc(-c5nc(-c6ccccc6)nc(-c6cccc7c8ccccc8n(-c8ccccc8)c67)n5)cc4c3c2)cc1. The third-order valence-corrected chi connectivity index (χ3v) is 11.9. The Morgan fingerprint density at radius 1 is 0.357 bits per heavy atom. The van der Waals surface area contributed by atoms with Crippen molar-refractivity contribution < 1.29 is 0 Å². The van der Waals surface area contributed by atoms with Crippen molar-refractivity contribution in [3.05, 3.63) is 194 Å². The summed E-state index contributed by atoms with van der Waals surface area (Å²) < 4.78 is 4.83. The average molecular weight is 733 g/mol. The highest BCUT2D eigenvalue weighted by atomic mass is 32.1. The summed E-state index contributed by atoms with van der Waals surface area (Å²) in [5.74, 6) is 1.90. The fourth-order valence-corrected chi connectivity index (χ4v) is 9.23. The van der Waals surface area contributed by atoms with Gasteiger partial charge in [-0.05, 0) is 71.3 Å². The quantitative estimate of drug-likeness (QED) is 0.171. The molecule has 3 heterocycles. The molecule has 0 aliphatic carbocycles. The van der Waals surface area contributed by atoms with Crippen molar-refractivity contribution in [3.63, 3.8) is 0 Å². The van der Waals surface area contributed by atoms with Gasteiger partial charge in [0.25, 0.3) is 0 Å². The van der Waals surface area contributed by atoms with Gasteiger partial charge < -0.3 is 4.57 Å². The molecule has 0 saturated heterocycles. The largest absolute Gasteiger partial charge is 0.309 e. The van der Waals surface area contributed by atoms with Gasteiger partial charge in [-0.2, -0.15) is 0 Å². The van der Waals surface area contributed by atoms with Crippen LogP contribution in [0.1, 0.15) is 0 Å². The molecular weight excluding hydrogens is 701 g/mol. The van der Waals surface area contributed by atoms with Crippen LogP contribution >= 0.6 is 11.3 Å². The second kappa shape index (κ2) is 13.3. The molecule has 0 atom stereocenters. The Balaban J connectivity index is 1.16. The molecule has 11 aromatic rings. The molecule has 3 aromatic heterocycles. The minimum atomic E-state index is 0.632. The van der Waals surface area contributed by atoms with Crippen molar-refractivity contribution in [1.29, 1.82) is 0 Å². The van der Waals surface area contributed by atoms with Crippen LogP contribution in [-0.2, 0) is 0 Å². The maximum absolute atomic E-state index is 5.32. The van der Waals surface area contributed by atoms with E-state index >= 15 is 0 Å². The normalized spacial score (nSPS) is 11.6. The number of aromatic nitrogens is 4. The van der Waals surface area contributed by atoms with E-state index in [0.29, 0.717) is 17.5 Å². The van der Waals surface area contributed by atoms with Crippen LogP contribution in [0.5, 0.6) is 0 Å². The first-order chi connectivity index (χ1) is 27.8. The van der Waals surface area contributed by atoms with Crippen LogP contribution < -0.4 is 0 Å². The lowest BCUT2D eigenvalue weighted by Gasteiger charge is -2.12. The Morgan fingerprint density at radius 2 is 0.946 bits per heavy atom. The van der Waals surface area contributed by atoms with E-state index in [-0.39, 0.29) is 0 Å². The monoisotopic (exact) mass is 732 g/mol. The standard InChI is InChI=1S/C51H32N4S/c1-5-16-33(17-6-1)37-31-42(34-18-7-2-8-19-34)48-44(32-37)43-30-36(28-29-46(43)56-48)50-52-49(35-20-9-3-10-21-35)53-51(54-50)41-26-15-25-40-39-24-13-14-27-45(39)55(47(40)41)38-22-11-4-12-23-38/h1-32H. The van der Waals surface area contributed by atoms with Crippen LogP contribution in [-0.4, -0.2) is 19.5 Å². The van der Waals surface area contributed by atoms with Crippen molar-refractivity contribution in [1.82, 2.24) is 19.5 Å². The van der Waals surface area contributed by atoms with Gasteiger partial charge in [-0.3, -0.25) is 0 Å². The van der Waals surface area contributed by atoms with Gasteiger partial charge in [-0.15, -0.1) is 11.3 Å². The molecule has 56 heavy (non-hydrogen) atoms. The minimum Gasteiger partial charge on any atom is -0.309 e. The van der Waals surface area contributed by atoms with E-state index in [1.807, 2.05) is 29.5 Å². The molecule has 0 saturated carbocycles. The molecule has 0 amide bonds. The summed E-state index contributed by atoms with van der Waals surface area (Å²) in [6, 6.07) is 68.5. The summed E-state index contributed by atoms with van der Waals surface area (Å²) >= 11 is 1.84. The van der Waals surface area contributed by atoms with Crippen LogP contribution in [0.2, 0.25) is 0 Å². The lowest BCUT2D eigenvalue weighted by Crippen LogP contribution is -2.02. The highest BCUT2D eigenvalue weighted by Gasteiger charge is 2.21. The summed E-state index contributed by atoms with van der Waals surface area (Å²) in [4.78, 5) is 15.7. The first-order valence-corrected chi connectivity index (χ1v) is 19.6. The Labute approximate surface area is 327 Å². The zero-order valence-corrected chi connectivity index (χ0v) is 31.0. The molecule has 0 N–H and O–H groups in total. The van der Waals surface area contributed by atoms with Crippen LogP contribution in [0.25, 0.3) is 104 Å². The Hall–Kier alpha value is -7.21. The van der Waals surface area contributed by atoms with E-state index in [1.165, 1.54) is 47.8 Å². The van der Waals surface area contributed by atoms with Gasteiger partial charge in [0.1, 0.15) is 0 Å². The molecule has 262 valence electrons. The molecule has 5 heteroatoms. The molecule has 11 rings (SSSR count). The third-order valence-electron chi connectivity index (χ3n) is 10.6. The van der Waals surface area contributed by atoms with Gasteiger partial charge in [-0.1, -0.05) is 140 Å². The summed E-state index contributed by atoms with van der Waals surface area (Å²) in [5.41, 5.74) is 11.0. The summed E-state index contributed by atoms with van der Waals surface area (Å²) in [5, 5.41) is 4.75. The van der Waals surface area contributed by atoms with E-state index in [1.54, 1.807) is 0 Å². The molecule has 0 spiro atoms. The molecular formula is C51H32N4S. The maximum Gasteiger partial charge on any atom is 0.166 e. The van der Waals surface area contributed by atoms with Crippen LogP contribution in [0.4, 0.5) is 0 Å². The van der Waals surface area contributed by atoms with Gasteiger partial charge in [0, 0.05) is 58.9 Å². The van der Waals surface area contributed by atoms with E-state index < -0.39 is 0 Å². The number of rotatable bonds is 6. The zero-order valence-electron chi connectivity index (χ0n) is 30.2. The third kappa shape index (κ3) is 5.40. The molecule has 0 radical (unpaired) electrons. The molecule has 0 fully saturated rings. The average Bonchev–Trinajstić information content (AvgIpc) is 3.83. The summed E-state index contributed by atoms with van der Waals surface area (Å²) in [6.07, 6.45) is 0. The Morgan fingerprint density at radius 3 is 1.70 bits per heavy atom. The number of thiophene rings is 1. The molecule has 0 bridgehead atoms. The Bertz CT molecular complexity index is 3230. The van der Waals surface area contributed by atoms with E-state index in [9.17, 15) is 0 Å².